The number of guanidine groups is 1. The van der Waals surface area contributed by atoms with Gasteiger partial charge < -0.3 is 10.6 Å². The van der Waals surface area contributed by atoms with Gasteiger partial charge in [-0.25, -0.2) is 0 Å². The van der Waals surface area contributed by atoms with Crippen molar-refractivity contribution in [1.29, 1.82) is 0 Å². The third-order valence-corrected chi connectivity index (χ3v) is 5.13. The van der Waals surface area contributed by atoms with Crippen LogP contribution in [0.3, 0.4) is 0 Å². The largest absolute Gasteiger partial charge is 0.356 e. The zero-order valence-electron chi connectivity index (χ0n) is 12.5. The van der Waals surface area contributed by atoms with Gasteiger partial charge in [0.15, 0.2) is 5.96 Å². The Labute approximate surface area is 159 Å². The minimum Gasteiger partial charge on any atom is -0.356 e. The molecule has 2 aliphatic rings. The van der Waals surface area contributed by atoms with Crippen molar-refractivity contribution in [3.05, 3.63) is 33.8 Å². The summed E-state index contributed by atoms with van der Waals surface area (Å²) in [6.07, 6.45) is 6.14. The van der Waals surface area contributed by atoms with Gasteiger partial charge in [0.25, 0.3) is 0 Å². The van der Waals surface area contributed by atoms with Crippen LogP contribution in [-0.4, -0.2) is 25.6 Å². The molecule has 0 unspecified atom stereocenters. The fraction of sp³-hybridized carbons (Fsp3) is 0.562. The molecule has 0 bridgehead atoms. The van der Waals surface area contributed by atoms with Crippen LogP contribution in [0, 0.1) is 0 Å². The van der Waals surface area contributed by atoms with Crippen molar-refractivity contribution in [2.45, 2.75) is 37.5 Å². The number of hydrogen-bond acceptors (Lipinski definition) is 3. The van der Waals surface area contributed by atoms with Crippen molar-refractivity contribution in [1.82, 2.24) is 10.6 Å². The van der Waals surface area contributed by atoms with E-state index in [1.54, 1.807) is 0 Å². The van der Waals surface area contributed by atoms with Gasteiger partial charge >= 0.3 is 0 Å². The molecule has 0 aromatic heterocycles. The SMILES string of the molecule is Clc1ccc(C2(CNC3=NCCN3)CCCCC2)c(Cl)c1.I. The molecule has 0 radical (unpaired) electrons. The quantitative estimate of drug-likeness (QED) is 0.667. The first-order chi connectivity index (χ1) is 10.2. The van der Waals surface area contributed by atoms with E-state index in [1.165, 1.54) is 24.8 Å². The number of hydrogen-bond donors (Lipinski definition) is 2. The predicted molar refractivity (Wildman–Crippen MR) is 105 cm³/mol. The van der Waals surface area contributed by atoms with E-state index in [9.17, 15) is 0 Å². The fourth-order valence-corrected chi connectivity index (χ4v) is 4.07. The maximum atomic E-state index is 6.49. The Hall–Kier alpha value is -0.200. The summed E-state index contributed by atoms with van der Waals surface area (Å²) in [5.74, 6) is 0.921. The molecule has 0 atom stereocenters. The van der Waals surface area contributed by atoms with Crippen molar-refractivity contribution in [2.24, 2.45) is 4.99 Å². The van der Waals surface area contributed by atoms with Crippen molar-refractivity contribution >= 4 is 53.1 Å². The van der Waals surface area contributed by atoms with Gasteiger partial charge in [-0.05, 0) is 30.5 Å². The second-order valence-corrected chi connectivity index (χ2v) is 6.82. The van der Waals surface area contributed by atoms with Crippen molar-refractivity contribution in [3.8, 4) is 0 Å². The van der Waals surface area contributed by atoms with Crippen LogP contribution >= 0.6 is 47.2 Å². The Balaban J connectivity index is 0.00000176. The summed E-state index contributed by atoms with van der Waals surface area (Å²) in [5, 5.41) is 8.24. The van der Waals surface area contributed by atoms with Gasteiger partial charge in [-0.15, -0.1) is 24.0 Å². The first kappa shape index (κ1) is 18.1. The number of halogens is 3. The number of nitrogens with one attached hydrogen (secondary N) is 2. The Morgan fingerprint density at radius 1 is 1.18 bits per heavy atom. The minimum absolute atomic E-state index is 0. The third-order valence-electron chi connectivity index (χ3n) is 4.58. The molecule has 22 heavy (non-hydrogen) atoms. The zero-order valence-corrected chi connectivity index (χ0v) is 16.3. The molecule has 2 N–H and O–H groups in total. The maximum Gasteiger partial charge on any atom is 0.191 e. The Morgan fingerprint density at radius 3 is 2.59 bits per heavy atom. The summed E-state index contributed by atoms with van der Waals surface area (Å²) < 4.78 is 0. The molecule has 1 aromatic carbocycles. The molecule has 3 nitrogen and oxygen atoms in total. The van der Waals surface area contributed by atoms with Crippen LogP contribution in [0.5, 0.6) is 0 Å². The monoisotopic (exact) mass is 453 g/mol. The molecule has 1 aliphatic carbocycles. The summed E-state index contributed by atoms with van der Waals surface area (Å²) in [5.41, 5.74) is 1.31. The van der Waals surface area contributed by atoms with E-state index in [0.717, 1.165) is 43.5 Å². The molecular weight excluding hydrogens is 432 g/mol. The van der Waals surface area contributed by atoms with Crippen LogP contribution in [-0.2, 0) is 5.41 Å². The molecule has 0 saturated heterocycles. The van der Waals surface area contributed by atoms with Gasteiger partial charge in [0.05, 0.1) is 6.54 Å². The standard InChI is InChI=1S/C16H21Cl2N3.HI/c17-12-4-5-13(14(18)10-12)16(6-2-1-3-7-16)11-21-15-19-8-9-20-15;/h4-5,10H,1-3,6-9,11H2,(H2,19,20,21);1H. The number of aliphatic imine (C=N–C) groups is 1. The number of benzene rings is 1. The molecular formula is C16H22Cl2IN3. The summed E-state index contributed by atoms with van der Waals surface area (Å²) in [7, 11) is 0. The van der Waals surface area contributed by atoms with Crippen LogP contribution in [0.25, 0.3) is 0 Å². The highest BCUT2D eigenvalue weighted by Gasteiger charge is 2.35. The number of nitrogens with zero attached hydrogens (tertiary/aromatic N) is 1. The Bertz CT molecular complexity index is 542. The van der Waals surface area contributed by atoms with E-state index >= 15 is 0 Å². The molecule has 1 fully saturated rings. The summed E-state index contributed by atoms with van der Waals surface area (Å²) in [4.78, 5) is 4.42. The van der Waals surface area contributed by atoms with E-state index < -0.39 is 0 Å². The average molecular weight is 454 g/mol. The lowest BCUT2D eigenvalue weighted by Crippen LogP contribution is -2.45. The van der Waals surface area contributed by atoms with Crippen LogP contribution in [0.2, 0.25) is 10.0 Å². The van der Waals surface area contributed by atoms with Gasteiger partial charge in [0.2, 0.25) is 0 Å². The van der Waals surface area contributed by atoms with Gasteiger partial charge in [-0.2, -0.15) is 0 Å². The van der Waals surface area contributed by atoms with Gasteiger partial charge in [-0.3, -0.25) is 4.99 Å². The van der Waals surface area contributed by atoms with Crippen LogP contribution in [0.4, 0.5) is 0 Å². The van der Waals surface area contributed by atoms with E-state index in [2.05, 4.69) is 21.7 Å². The second-order valence-electron chi connectivity index (χ2n) is 5.98. The minimum atomic E-state index is 0. The lowest BCUT2D eigenvalue weighted by Gasteiger charge is -2.39. The smallest absolute Gasteiger partial charge is 0.191 e. The average Bonchev–Trinajstić information content (AvgIpc) is 2.99. The normalized spacial score (nSPS) is 19.8. The molecule has 1 heterocycles. The third kappa shape index (κ3) is 4.01. The zero-order chi connectivity index (χ0) is 14.7. The molecule has 0 spiro atoms. The molecule has 3 rings (SSSR count). The first-order valence-corrected chi connectivity index (χ1v) is 8.43. The predicted octanol–water partition coefficient (Wildman–Crippen LogP) is 4.36. The van der Waals surface area contributed by atoms with Crippen molar-refractivity contribution in [2.75, 3.05) is 19.6 Å². The van der Waals surface area contributed by atoms with E-state index in [-0.39, 0.29) is 29.4 Å². The summed E-state index contributed by atoms with van der Waals surface area (Å²) in [6.45, 7) is 2.66. The van der Waals surface area contributed by atoms with Crippen LogP contribution < -0.4 is 10.6 Å². The summed E-state index contributed by atoms with van der Waals surface area (Å²) in [6, 6.07) is 5.91. The lowest BCUT2D eigenvalue weighted by molar-refractivity contribution is 0.291. The summed E-state index contributed by atoms with van der Waals surface area (Å²) >= 11 is 12.5. The Kier molecular flexibility index (Phi) is 6.65. The molecule has 122 valence electrons. The molecule has 1 saturated carbocycles. The highest BCUT2D eigenvalue weighted by molar-refractivity contribution is 14.0. The molecule has 6 heteroatoms. The maximum absolute atomic E-state index is 6.49. The topological polar surface area (TPSA) is 36.4 Å². The van der Waals surface area contributed by atoms with E-state index in [4.69, 9.17) is 23.2 Å². The van der Waals surface area contributed by atoms with Crippen LogP contribution in [0.15, 0.2) is 23.2 Å². The van der Waals surface area contributed by atoms with Gasteiger partial charge in [0.1, 0.15) is 0 Å². The van der Waals surface area contributed by atoms with Crippen LogP contribution in [0.1, 0.15) is 37.7 Å². The highest BCUT2D eigenvalue weighted by atomic mass is 127. The van der Waals surface area contributed by atoms with Crippen molar-refractivity contribution < 1.29 is 0 Å². The van der Waals surface area contributed by atoms with Gasteiger partial charge in [-0.1, -0.05) is 48.5 Å². The Morgan fingerprint density at radius 2 is 1.95 bits per heavy atom. The lowest BCUT2D eigenvalue weighted by atomic mass is 9.69. The van der Waals surface area contributed by atoms with Crippen molar-refractivity contribution in [3.63, 3.8) is 0 Å². The molecule has 0 amide bonds. The molecule has 1 aromatic rings. The van der Waals surface area contributed by atoms with E-state index in [1.807, 2.05) is 12.1 Å². The molecule has 1 aliphatic heterocycles. The highest BCUT2D eigenvalue weighted by Crippen LogP contribution is 2.42. The second kappa shape index (κ2) is 8.06. The van der Waals surface area contributed by atoms with E-state index in [0.29, 0.717) is 5.02 Å². The number of rotatable bonds is 3. The fourth-order valence-electron chi connectivity index (χ4n) is 3.46. The first-order valence-electron chi connectivity index (χ1n) is 7.67. The van der Waals surface area contributed by atoms with Gasteiger partial charge in [0, 0.05) is 28.5 Å².